The van der Waals surface area contributed by atoms with Gasteiger partial charge in [-0.05, 0) is 32.9 Å². The smallest absolute Gasteiger partial charge is 0.380 e. The molecule has 0 spiro atoms. The Morgan fingerprint density at radius 3 is 2.51 bits per heavy atom. The lowest BCUT2D eigenvalue weighted by Gasteiger charge is -2.31. The molecule has 3 rings (SSSR count). The van der Waals surface area contributed by atoms with Crippen LogP contribution in [0, 0.1) is 11.7 Å². The maximum absolute atomic E-state index is 14.2. The lowest BCUT2D eigenvalue weighted by atomic mass is 9.91. The maximum atomic E-state index is 14.2. The third-order valence-electron chi connectivity index (χ3n) is 6.05. The number of carbonyl (C=O) groups is 1. The number of esters is 1. The van der Waals surface area contributed by atoms with Crippen LogP contribution >= 0.6 is 7.60 Å². The molecule has 2 aromatic rings. The molecule has 5 N–H and O–H groups in total. The van der Waals surface area contributed by atoms with Crippen LogP contribution in [0.25, 0.3) is 0 Å². The number of anilines is 1. The lowest BCUT2D eigenvalue weighted by Crippen LogP contribution is -2.58. The molecule has 1 unspecified atom stereocenters. The van der Waals surface area contributed by atoms with Crippen molar-refractivity contribution in [2.75, 3.05) is 18.6 Å². The van der Waals surface area contributed by atoms with E-state index in [0.717, 1.165) is 0 Å². The molecule has 0 bridgehead atoms. The van der Waals surface area contributed by atoms with Crippen LogP contribution in [0.15, 0.2) is 41.3 Å². The van der Waals surface area contributed by atoms with Crippen molar-refractivity contribution in [3.8, 4) is 5.75 Å². The number of carbonyl (C=O) groups excluding carboxylic acids is 1. The largest absolute Gasteiger partial charge is 0.463 e. The number of benzene rings is 1. The van der Waals surface area contributed by atoms with Gasteiger partial charge in [0.2, 0.25) is 0 Å². The highest BCUT2D eigenvalue weighted by Crippen LogP contribution is 2.52. The number of hydrogen-bond acceptors (Lipinski definition) is 11. The summed E-state index contributed by atoms with van der Waals surface area (Å²) in [5.74, 6) is -3.15. The van der Waals surface area contributed by atoms with Gasteiger partial charge >= 0.3 is 19.3 Å². The van der Waals surface area contributed by atoms with Crippen LogP contribution in [-0.2, 0) is 23.4 Å². The Labute approximate surface area is 223 Å². The second kappa shape index (κ2) is 12.1. The minimum absolute atomic E-state index is 0.176. The van der Waals surface area contributed by atoms with Gasteiger partial charge in [-0.2, -0.15) is 4.98 Å². The Bertz CT molecular complexity index is 1270. The van der Waals surface area contributed by atoms with E-state index in [9.17, 15) is 28.0 Å². The van der Waals surface area contributed by atoms with Crippen LogP contribution in [0.5, 0.6) is 5.75 Å². The Kier molecular flexibility index (Phi) is 9.50. The van der Waals surface area contributed by atoms with Crippen molar-refractivity contribution >= 4 is 19.4 Å². The van der Waals surface area contributed by atoms with Gasteiger partial charge in [0.25, 0.3) is 0 Å². The molecule has 39 heavy (non-hydrogen) atoms. The Balaban J connectivity index is 1.91. The second-order valence-corrected chi connectivity index (χ2v) is 11.7. The summed E-state index contributed by atoms with van der Waals surface area (Å²) in [6.07, 6.45) is -6.48. The van der Waals surface area contributed by atoms with E-state index in [1.165, 1.54) is 26.0 Å². The number of aliphatic hydroxyl groups is 1. The molecule has 1 aromatic carbocycles. The zero-order valence-electron chi connectivity index (χ0n) is 21.9. The molecule has 1 aliphatic rings. The van der Waals surface area contributed by atoms with Crippen molar-refractivity contribution in [1.29, 1.82) is 0 Å². The monoisotopic (exact) mass is 574 g/mol. The number of nitrogens with two attached hydrogens (primary N) is 2. The molecule has 0 saturated carbocycles. The predicted octanol–water partition coefficient (Wildman–Crippen LogP) is 2.15. The fourth-order valence-electron chi connectivity index (χ4n) is 4.08. The standard InChI is InChI=1S/C24H33F2N4O8P/c1-13(2)35-21(32)14(3)11-39(34,38-16-8-6-5-7-9-16)37-15(4)18-19(31)24(28,12-25)22(36-18)30-10-17(26)20(27)29-23(30)33/h5-10,13-15,18-19,22,31H,11-12,28H2,1-4H3,(H2,27,29,33)/t14-,15+,18-,19+,22-,24?,39-/m1/s1. The molecule has 0 amide bonds. The van der Waals surface area contributed by atoms with E-state index < -0.39 is 85.8 Å². The Morgan fingerprint density at radius 2 is 1.92 bits per heavy atom. The van der Waals surface area contributed by atoms with E-state index in [4.69, 9.17) is 30.0 Å². The SMILES string of the molecule is CC(C)OC(=O)[C@H](C)C[P@](=O)(Oc1ccccc1)O[C@@H](C)[C@H]1O[C@@H](n2cc(F)c(N)nc2=O)C(N)(CF)[C@H]1O. The number of alkyl halides is 1. The van der Waals surface area contributed by atoms with Crippen LogP contribution in [0.3, 0.4) is 0 Å². The molecule has 1 aliphatic heterocycles. The van der Waals surface area contributed by atoms with Crippen molar-refractivity contribution < 1.29 is 41.8 Å². The van der Waals surface area contributed by atoms with Gasteiger partial charge < -0.3 is 30.6 Å². The molecule has 0 radical (unpaired) electrons. The first-order valence-corrected chi connectivity index (χ1v) is 13.9. The van der Waals surface area contributed by atoms with E-state index in [1.807, 2.05) is 0 Å². The van der Waals surface area contributed by atoms with Gasteiger partial charge in [-0.3, -0.25) is 13.9 Å². The van der Waals surface area contributed by atoms with Gasteiger partial charge in [-0.15, -0.1) is 0 Å². The third kappa shape index (κ3) is 6.82. The van der Waals surface area contributed by atoms with Crippen LogP contribution < -0.4 is 21.7 Å². The van der Waals surface area contributed by atoms with E-state index in [1.54, 1.807) is 32.0 Å². The van der Waals surface area contributed by atoms with Crippen LogP contribution in [0.4, 0.5) is 14.6 Å². The summed E-state index contributed by atoms with van der Waals surface area (Å²) in [5, 5.41) is 11.0. The molecule has 2 heterocycles. The summed E-state index contributed by atoms with van der Waals surface area (Å²) >= 11 is 0. The van der Waals surface area contributed by atoms with E-state index in [0.29, 0.717) is 10.8 Å². The first kappa shape index (κ1) is 30.6. The predicted molar refractivity (Wildman–Crippen MR) is 136 cm³/mol. The summed E-state index contributed by atoms with van der Waals surface area (Å²) in [7, 11) is -4.18. The fraction of sp³-hybridized carbons (Fsp3) is 0.542. The van der Waals surface area contributed by atoms with Gasteiger partial charge in [-0.1, -0.05) is 25.1 Å². The highest BCUT2D eigenvalue weighted by Gasteiger charge is 2.58. The molecule has 12 nitrogen and oxygen atoms in total. The van der Waals surface area contributed by atoms with Crippen LogP contribution in [0.1, 0.15) is 33.9 Å². The topological polar surface area (TPSA) is 178 Å². The fourth-order valence-corrected chi connectivity index (χ4v) is 6.17. The number of nitrogen functional groups attached to an aromatic ring is 1. The minimum Gasteiger partial charge on any atom is -0.463 e. The molecular formula is C24H33F2N4O8P. The molecule has 1 aromatic heterocycles. The summed E-state index contributed by atoms with van der Waals surface area (Å²) < 4.78 is 65.2. The zero-order valence-corrected chi connectivity index (χ0v) is 22.8. The maximum Gasteiger partial charge on any atom is 0.380 e. The van der Waals surface area contributed by atoms with Gasteiger partial charge in [-0.25, -0.2) is 18.1 Å². The van der Waals surface area contributed by atoms with Gasteiger partial charge in [0.15, 0.2) is 17.9 Å². The highest BCUT2D eigenvalue weighted by atomic mass is 31.2. The molecule has 1 fully saturated rings. The first-order chi connectivity index (χ1) is 18.2. The molecule has 7 atom stereocenters. The Hall–Kier alpha value is -2.90. The number of rotatable bonds is 11. The number of nitrogens with zero attached hydrogens (tertiary/aromatic N) is 2. The average molecular weight is 575 g/mol. The van der Waals surface area contributed by atoms with Crippen molar-refractivity contribution in [1.82, 2.24) is 9.55 Å². The van der Waals surface area contributed by atoms with Crippen molar-refractivity contribution in [2.24, 2.45) is 11.7 Å². The molecule has 216 valence electrons. The normalized spacial score (nSPS) is 26.1. The molecule has 1 saturated heterocycles. The number of para-hydroxylation sites is 1. The third-order valence-corrected chi connectivity index (χ3v) is 8.19. The average Bonchev–Trinajstić information content (AvgIpc) is 3.12. The van der Waals surface area contributed by atoms with Crippen LogP contribution in [0.2, 0.25) is 0 Å². The van der Waals surface area contributed by atoms with Gasteiger partial charge in [0.05, 0.1) is 30.5 Å². The number of aromatic nitrogens is 2. The number of ether oxygens (including phenoxy) is 2. The Morgan fingerprint density at radius 1 is 1.28 bits per heavy atom. The van der Waals surface area contributed by atoms with E-state index in [2.05, 4.69) is 4.98 Å². The number of aliphatic hydroxyl groups excluding tert-OH is 1. The summed E-state index contributed by atoms with van der Waals surface area (Å²) in [6.45, 7) is 4.78. The van der Waals surface area contributed by atoms with Crippen molar-refractivity contribution in [3.05, 3.63) is 52.8 Å². The van der Waals surface area contributed by atoms with E-state index >= 15 is 0 Å². The highest BCUT2D eigenvalue weighted by molar-refractivity contribution is 7.54. The minimum atomic E-state index is -4.18. The van der Waals surface area contributed by atoms with Crippen molar-refractivity contribution in [3.63, 3.8) is 0 Å². The molecular weight excluding hydrogens is 541 g/mol. The molecule has 15 heteroatoms. The van der Waals surface area contributed by atoms with E-state index in [-0.39, 0.29) is 5.75 Å². The summed E-state index contributed by atoms with van der Waals surface area (Å²) in [4.78, 5) is 28.1. The summed E-state index contributed by atoms with van der Waals surface area (Å²) in [6, 6.07) is 8.03. The number of halogens is 2. The zero-order chi connectivity index (χ0) is 29.1. The number of hydrogen-bond donors (Lipinski definition) is 3. The van der Waals surface area contributed by atoms with Crippen molar-refractivity contribution in [2.45, 2.75) is 63.9 Å². The summed E-state index contributed by atoms with van der Waals surface area (Å²) in [5.41, 5.74) is 8.09. The van der Waals surface area contributed by atoms with Gasteiger partial charge in [0.1, 0.15) is 30.2 Å². The molecule has 0 aliphatic carbocycles. The quantitative estimate of drug-likeness (QED) is 0.265. The second-order valence-electron chi connectivity index (χ2n) is 9.70. The van der Waals surface area contributed by atoms with Gasteiger partial charge in [0, 0.05) is 0 Å². The van der Waals surface area contributed by atoms with Crippen LogP contribution in [-0.4, -0.2) is 63.4 Å². The lowest BCUT2D eigenvalue weighted by molar-refractivity contribution is -0.151. The first-order valence-electron chi connectivity index (χ1n) is 12.2.